The van der Waals surface area contributed by atoms with Crippen LogP contribution in [0.5, 0.6) is 0 Å². The summed E-state index contributed by atoms with van der Waals surface area (Å²) in [6.07, 6.45) is 3.98. The van der Waals surface area contributed by atoms with E-state index in [2.05, 4.69) is 24.1 Å². The summed E-state index contributed by atoms with van der Waals surface area (Å²) in [4.78, 5) is 2.56. The first-order chi connectivity index (χ1) is 7.72. The molecule has 1 fully saturated rings. The Bertz CT molecular complexity index is 171. The fraction of sp³-hybridized carbons (Fsp3) is 1.00. The van der Waals surface area contributed by atoms with E-state index in [1.807, 2.05) is 7.05 Å². The molecule has 0 aromatic rings. The standard InChI is InChI=1S/C13H27N2O.W/c1-12(2)11-15-8-5-13(6-9-15)16-10-4-7-14-3;/h12-13H,4-11H2,1-3H3;/q-1;. The predicted octanol–water partition coefficient (Wildman–Crippen LogP) is 2.51. The maximum absolute atomic E-state index is 5.85. The van der Waals surface area contributed by atoms with Crippen molar-refractivity contribution in [3.05, 3.63) is 5.32 Å². The van der Waals surface area contributed by atoms with Gasteiger partial charge in [-0.1, -0.05) is 13.8 Å². The van der Waals surface area contributed by atoms with E-state index in [0.29, 0.717) is 6.10 Å². The molecule has 0 saturated carbocycles. The summed E-state index contributed by atoms with van der Waals surface area (Å²) < 4.78 is 5.85. The minimum Gasteiger partial charge on any atom is -0.665 e. The molecule has 4 heteroatoms. The Labute approximate surface area is 121 Å². The number of likely N-dealkylation sites (tertiary alicyclic amines) is 1. The molecule has 0 amide bonds. The van der Waals surface area contributed by atoms with E-state index in [-0.39, 0.29) is 21.1 Å². The van der Waals surface area contributed by atoms with Crippen molar-refractivity contribution in [3.63, 3.8) is 0 Å². The molecular formula is C13H27N2OW-. The van der Waals surface area contributed by atoms with Gasteiger partial charge in [0.2, 0.25) is 0 Å². The number of hydrogen-bond acceptors (Lipinski definition) is 2. The molecule has 0 aromatic carbocycles. The first kappa shape index (κ1) is 17.6. The number of hydrogen-bond donors (Lipinski definition) is 0. The zero-order valence-corrected chi connectivity index (χ0v) is 14.5. The molecule has 1 heterocycles. The van der Waals surface area contributed by atoms with Gasteiger partial charge in [0.1, 0.15) is 0 Å². The Morgan fingerprint density at radius 2 is 1.94 bits per heavy atom. The van der Waals surface area contributed by atoms with Gasteiger partial charge in [0, 0.05) is 47.3 Å². The quantitative estimate of drug-likeness (QED) is 0.603. The number of rotatable bonds is 7. The predicted molar refractivity (Wildman–Crippen MR) is 69.0 cm³/mol. The zero-order chi connectivity index (χ0) is 11.8. The average molecular weight is 411 g/mol. The van der Waals surface area contributed by atoms with Gasteiger partial charge in [-0.2, -0.15) is 7.05 Å². The van der Waals surface area contributed by atoms with Gasteiger partial charge in [0.05, 0.1) is 6.10 Å². The van der Waals surface area contributed by atoms with Crippen LogP contribution >= 0.6 is 0 Å². The van der Waals surface area contributed by atoms with Crippen molar-refractivity contribution >= 4 is 0 Å². The van der Waals surface area contributed by atoms with E-state index < -0.39 is 0 Å². The first-order valence-corrected chi connectivity index (χ1v) is 6.62. The van der Waals surface area contributed by atoms with E-state index in [1.165, 1.54) is 32.5 Å². The SMILES string of the molecule is C[N-]CCCOC1CCN(CC(C)C)CC1.[W]. The van der Waals surface area contributed by atoms with Crippen LogP contribution < -0.4 is 0 Å². The molecule has 1 saturated heterocycles. The van der Waals surface area contributed by atoms with Crippen molar-refractivity contribution < 1.29 is 25.8 Å². The monoisotopic (exact) mass is 411 g/mol. The Morgan fingerprint density at radius 3 is 2.47 bits per heavy atom. The molecular weight excluding hydrogens is 384 g/mol. The maximum Gasteiger partial charge on any atom is 0.0599 e. The Hall–Kier alpha value is 0.568. The van der Waals surface area contributed by atoms with Gasteiger partial charge in [-0.3, -0.25) is 0 Å². The van der Waals surface area contributed by atoms with Gasteiger partial charge >= 0.3 is 0 Å². The van der Waals surface area contributed by atoms with Crippen LogP contribution in [-0.2, 0) is 25.8 Å². The van der Waals surface area contributed by atoms with Gasteiger partial charge in [-0.05, 0) is 25.2 Å². The van der Waals surface area contributed by atoms with Crippen molar-refractivity contribution in [2.75, 3.05) is 39.8 Å². The second-order valence-corrected chi connectivity index (χ2v) is 5.16. The average Bonchev–Trinajstić information content (AvgIpc) is 2.26. The van der Waals surface area contributed by atoms with Gasteiger partial charge in [-0.15, -0.1) is 6.54 Å². The minimum absolute atomic E-state index is 0. The second-order valence-electron chi connectivity index (χ2n) is 5.16. The zero-order valence-electron chi connectivity index (χ0n) is 11.5. The molecule has 0 radical (unpaired) electrons. The third kappa shape index (κ3) is 8.31. The van der Waals surface area contributed by atoms with Crippen LogP contribution in [0.4, 0.5) is 0 Å². The van der Waals surface area contributed by atoms with Crippen molar-refractivity contribution in [1.82, 2.24) is 4.90 Å². The number of nitrogens with zero attached hydrogens (tertiary/aromatic N) is 2. The Balaban J connectivity index is 0.00000256. The van der Waals surface area contributed by atoms with E-state index >= 15 is 0 Å². The third-order valence-corrected chi connectivity index (χ3v) is 3.04. The fourth-order valence-corrected chi connectivity index (χ4v) is 2.25. The summed E-state index contributed by atoms with van der Waals surface area (Å²) in [6.45, 7) is 10.1. The van der Waals surface area contributed by atoms with Crippen LogP contribution in [0.2, 0.25) is 0 Å². The van der Waals surface area contributed by atoms with Crippen LogP contribution in [0.3, 0.4) is 0 Å². The molecule has 1 aliphatic heterocycles. The van der Waals surface area contributed by atoms with Crippen LogP contribution in [0.1, 0.15) is 33.1 Å². The normalized spacial score (nSPS) is 18.4. The topological polar surface area (TPSA) is 26.6 Å². The summed E-state index contributed by atoms with van der Waals surface area (Å²) in [6, 6.07) is 0. The Kier molecular flexibility index (Phi) is 10.8. The molecule has 0 unspecified atom stereocenters. The van der Waals surface area contributed by atoms with Gasteiger partial charge in [0.25, 0.3) is 0 Å². The van der Waals surface area contributed by atoms with E-state index in [9.17, 15) is 0 Å². The fourth-order valence-electron chi connectivity index (χ4n) is 2.25. The van der Waals surface area contributed by atoms with Crippen molar-refractivity contribution in [2.24, 2.45) is 5.92 Å². The van der Waals surface area contributed by atoms with Crippen LogP contribution in [0, 0.1) is 5.92 Å². The molecule has 1 rings (SSSR count). The van der Waals surface area contributed by atoms with Gasteiger partial charge in [0.15, 0.2) is 0 Å². The maximum atomic E-state index is 5.85. The summed E-state index contributed by atoms with van der Waals surface area (Å²) in [7, 11) is 1.87. The van der Waals surface area contributed by atoms with E-state index in [0.717, 1.165) is 25.5 Å². The molecule has 0 aromatic heterocycles. The van der Waals surface area contributed by atoms with Crippen LogP contribution in [0.25, 0.3) is 5.32 Å². The minimum atomic E-state index is 0. The summed E-state index contributed by atoms with van der Waals surface area (Å²) in [5.41, 5.74) is 0. The van der Waals surface area contributed by atoms with E-state index in [4.69, 9.17) is 4.74 Å². The van der Waals surface area contributed by atoms with E-state index in [1.54, 1.807) is 0 Å². The molecule has 3 nitrogen and oxygen atoms in total. The number of ether oxygens (including phenoxy) is 1. The second kappa shape index (κ2) is 10.5. The molecule has 0 spiro atoms. The summed E-state index contributed by atoms with van der Waals surface area (Å²) >= 11 is 0. The van der Waals surface area contributed by atoms with Gasteiger partial charge in [-0.25, -0.2) is 0 Å². The number of piperidine rings is 1. The molecule has 0 bridgehead atoms. The molecule has 102 valence electrons. The largest absolute Gasteiger partial charge is 0.665 e. The Morgan fingerprint density at radius 1 is 1.29 bits per heavy atom. The van der Waals surface area contributed by atoms with Crippen LogP contribution in [-0.4, -0.2) is 50.8 Å². The van der Waals surface area contributed by atoms with Crippen LogP contribution in [0.15, 0.2) is 0 Å². The summed E-state index contributed by atoms with van der Waals surface area (Å²) in [5.74, 6) is 0.781. The molecule has 0 N–H and O–H groups in total. The molecule has 17 heavy (non-hydrogen) atoms. The smallest absolute Gasteiger partial charge is 0.0599 e. The van der Waals surface area contributed by atoms with Crippen molar-refractivity contribution in [1.29, 1.82) is 0 Å². The molecule has 0 aliphatic carbocycles. The first-order valence-electron chi connectivity index (χ1n) is 6.62. The van der Waals surface area contributed by atoms with Crippen molar-refractivity contribution in [3.8, 4) is 0 Å². The molecule has 0 atom stereocenters. The van der Waals surface area contributed by atoms with Crippen molar-refractivity contribution in [2.45, 2.75) is 39.2 Å². The van der Waals surface area contributed by atoms with Gasteiger partial charge < -0.3 is 15.0 Å². The summed E-state index contributed by atoms with van der Waals surface area (Å²) in [5, 5.41) is 4.07. The molecule has 1 aliphatic rings. The third-order valence-electron chi connectivity index (χ3n) is 3.04.